The van der Waals surface area contributed by atoms with Gasteiger partial charge in [-0.1, -0.05) is 165 Å². The fourth-order valence-electron chi connectivity index (χ4n) is 6.13. The monoisotopic (exact) mass is 465 g/mol. The molecule has 0 aromatic carbocycles. The van der Waals surface area contributed by atoms with Gasteiger partial charge >= 0.3 is 0 Å². The molecular weight excluding hydrogens is 396 g/mol. The maximum Gasteiger partial charge on any atom is -0.0358 e. The summed E-state index contributed by atoms with van der Waals surface area (Å²) in [6.07, 6.45) is 24.3. The lowest BCUT2D eigenvalue weighted by molar-refractivity contribution is 0.130. The van der Waals surface area contributed by atoms with Crippen LogP contribution in [0.15, 0.2) is 0 Å². The van der Waals surface area contributed by atoms with Gasteiger partial charge in [0, 0.05) is 0 Å². The lowest BCUT2D eigenvalue weighted by Gasteiger charge is -2.36. The average molecular weight is 465 g/mol. The Morgan fingerprint density at radius 2 is 0.970 bits per heavy atom. The van der Waals surface area contributed by atoms with Gasteiger partial charge < -0.3 is 0 Å². The van der Waals surface area contributed by atoms with Crippen molar-refractivity contribution in [2.24, 2.45) is 41.4 Å². The molecule has 0 radical (unpaired) electrons. The van der Waals surface area contributed by atoms with Crippen LogP contribution in [0, 0.1) is 41.4 Å². The first-order valence-electron chi connectivity index (χ1n) is 15.8. The highest BCUT2D eigenvalue weighted by molar-refractivity contribution is 4.79. The number of hydrogen-bond donors (Lipinski definition) is 0. The number of unbranched alkanes of at least 4 members (excludes halogenated alkanes) is 6. The first-order valence-corrected chi connectivity index (χ1v) is 15.8. The highest BCUT2D eigenvalue weighted by Crippen LogP contribution is 2.38. The van der Waals surface area contributed by atoms with Crippen molar-refractivity contribution in [2.75, 3.05) is 0 Å². The summed E-state index contributed by atoms with van der Waals surface area (Å²) >= 11 is 0. The fraction of sp³-hybridized carbons (Fsp3) is 1.00. The summed E-state index contributed by atoms with van der Waals surface area (Å²) in [6, 6.07) is 0. The molecule has 0 saturated carbocycles. The largest absolute Gasteiger partial charge is 0.0654 e. The van der Waals surface area contributed by atoms with Crippen LogP contribution < -0.4 is 0 Å². The van der Waals surface area contributed by atoms with Crippen molar-refractivity contribution in [3.63, 3.8) is 0 Å². The van der Waals surface area contributed by atoms with E-state index in [0.29, 0.717) is 0 Å². The number of rotatable bonds is 23. The molecule has 7 atom stereocenters. The molecular formula is C33H68. The standard InChI is InChI=1S/C33H68/c1-10-14-16-20-24-33(30(8)28(6)12-3)31(9)29(7)26-25-27(5)21-18-17-19-23-32(13-4)22-15-11-2/h27-33H,10-26H2,1-9H3. The van der Waals surface area contributed by atoms with Gasteiger partial charge in [0.15, 0.2) is 0 Å². The summed E-state index contributed by atoms with van der Waals surface area (Å²) < 4.78 is 0. The highest BCUT2D eigenvalue weighted by Gasteiger charge is 2.29. The van der Waals surface area contributed by atoms with Gasteiger partial charge in [-0.15, -0.1) is 0 Å². The van der Waals surface area contributed by atoms with E-state index in [9.17, 15) is 0 Å². The molecule has 0 amide bonds. The highest BCUT2D eigenvalue weighted by atomic mass is 14.3. The normalized spacial score (nSPS) is 18.5. The second kappa shape index (κ2) is 21.3. The molecule has 0 aliphatic rings. The minimum absolute atomic E-state index is 0.865. The van der Waals surface area contributed by atoms with Gasteiger partial charge in [0.2, 0.25) is 0 Å². The van der Waals surface area contributed by atoms with Crippen molar-refractivity contribution in [1.29, 1.82) is 0 Å². The van der Waals surface area contributed by atoms with E-state index < -0.39 is 0 Å². The molecule has 0 aromatic heterocycles. The van der Waals surface area contributed by atoms with E-state index in [4.69, 9.17) is 0 Å². The second-order valence-corrected chi connectivity index (χ2v) is 12.3. The summed E-state index contributed by atoms with van der Waals surface area (Å²) in [5, 5.41) is 0. The van der Waals surface area contributed by atoms with Gasteiger partial charge in [0.1, 0.15) is 0 Å². The van der Waals surface area contributed by atoms with Gasteiger partial charge in [0.05, 0.1) is 0 Å². The third kappa shape index (κ3) is 15.6. The van der Waals surface area contributed by atoms with Crippen LogP contribution in [0.5, 0.6) is 0 Å². The van der Waals surface area contributed by atoms with Crippen molar-refractivity contribution in [3.8, 4) is 0 Å². The zero-order valence-electron chi connectivity index (χ0n) is 25.1. The lowest BCUT2D eigenvalue weighted by atomic mass is 9.69. The quantitative estimate of drug-likeness (QED) is 0.132. The fourth-order valence-corrected chi connectivity index (χ4v) is 6.13. The minimum atomic E-state index is 0.865. The number of hydrogen-bond acceptors (Lipinski definition) is 0. The van der Waals surface area contributed by atoms with Crippen LogP contribution in [0.25, 0.3) is 0 Å². The van der Waals surface area contributed by atoms with E-state index in [2.05, 4.69) is 62.3 Å². The Bertz CT molecular complexity index is 399. The molecule has 33 heavy (non-hydrogen) atoms. The van der Waals surface area contributed by atoms with Crippen LogP contribution >= 0.6 is 0 Å². The predicted octanol–water partition coefficient (Wildman–Crippen LogP) is 12.1. The zero-order chi connectivity index (χ0) is 25.1. The SMILES string of the molecule is CCCCCCC(C(C)C(C)CC)C(C)C(C)CCC(C)CCCCCC(CC)CCCC. The Morgan fingerprint density at radius 3 is 1.58 bits per heavy atom. The van der Waals surface area contributed by atoms with Gasteiger partial charge in [-0.3, -0.25) is 0 Å². The van der Waals surface area contributed by atoms with Crippen molar-refractivity contribution >= 4 is 0 Å². The average Bonchev–Trinajstić information content (AvgIpc) is 2.82. The van der Waals surface area contributed by atoms with Crippen molar-refractivity contribution in [2.45, 2.75) is 171 Å². The van der Waals surface area contributed by atoms with E-state index in [0.717, 1.165) is 41.4 Å². The summed E-state index contributed by atoms with van der Waals surface area (Å²) in [5.41, 5.74) is 0. The Labute approximate surface area is 212 Å². The molecule has 0 heterocycles. The van der Waals surface area contributed by atoms with E-state index in [-0.39, 0.29) is 0 Å². The molecule has 0 aliphatic carbocycles. The molecule has 0 rings (SSSR count). The molecule has 0 bridgehead atoms. The predicted molar refractivity (Wildman–Crippen MR) is 154 cm³/mol. The minimum Gasteiger partial charge on any atom is -0.0654 e. The van der Waals surface area contributed by atoms with Gasteiger partial charge in [-0.05, 0) is 47.8 Å². The lowest BCUT2D eigenvalue weighted by Crippen LogP contribution is -2.28. The molecule has 0 heteroatoms. The molecule has 0 aliphatic heterocycles. The van der Waals surface area contributed by atoms with Crippen LogP contribution in [-0.2, 0) is 0 Å². The van der Waals surface area contributed by atoms with Gasteiger partial charge in [-0.25, -0.2) is 0 Å². The van der Waals surface area contributed by atoms with Crippen molar-refractivity contribution in [3.05, 3.63) is 0 Å². The molecule has 200 valence electrons. The summed E-state index contributed by atoms with van der Waals surface area (Å²) in [7, 11) is 0. The Balaban J connectivity index is 4.36. The molecule has 0 spiro atoms. The molecule has 0 nitrogen and oxygen atoms in total. The molecule has 7 unspecified atom stereocenters. The first-order chi connectivity index (χ1) is 15.8. The van der Waals surface area contributed by atoms with Crippen LogP contribution in [-0.4, -0.2) is 0 Å². The Kier molecular flexibility index (Phi) is 21.3. The smallest absolute Gasteiger partial charge is 0.0358 e. The second-order valence-electron chi connectivity index (χ2n) is 12.3. The van der Waals surface area contributed by atoms with Gasteiger partial charge in [-0.2, -0.15) is 0 Å². The van der Waals surface area contributed by atoms with Crippen LogP contribution in [0.1, 0.15) is 171 Å². The topological polar surface area (TPSA) is 0 Å². The summed E-state index contributed by atoms with van der Waals surface area (Å²) in [4.78, 5) is 0. The van der Waals surface area contributed by atoms with E-state index in [1.807, 2.05) is 0 Å². The van der Waals surface area contributed by atoms with E-state index >= 15 is 0 Å². The third-order valence-corrected chi connectivity index (χ3v) is 9.65. The Hall–Kier alpha value is 0. The van der Waals surface area contributed by atoms with Crippen LogP contribution in [0.2, 0.25) is 0 Å². The zero-order valence-corrected chi connectivity index (χ0v) is 25.1. The van der Waals surface area contributed by atoms with Crippen LogP contribution in [0.4, 0.5) is 0 Å². The first kappa shape index (κ1) is 33.0. The van der Waals surface area contributed by atoms with Gasteiger partial charge in [0.25, 0.3) is 0 Å². The van der Waals surface area contributed by atoms with Crippen LogP contribution in [0.3, 0.4) is 0 Å². The maximum absolute atomic E-state index is 2.60. The molecule has 0 fully saturated rings. The molecule has 0 N–H and O–H groups in total. The molecule has 0 saturated heterocycles. The van der Waals surface area contributed by atoms with E-state index in [1.165, 1.54) is 109 Å². The summed E-state index contributed by atoms with van der Waals surface area (Å²) in [5.74, 6) is 6.31. The molecule has 0 aromatic rings. The van der Waals surface area contributed by atoms with E-state index in [1.54, 1.807) is 0 Å². The van der Waals surface area contributed by atoms with Crippen molar-refractivity contribution < 1.29 is 0 Å². The third-order valence-electron chi connectivity index (χ3n) is 9.65. The summed E-state index contributed by atoms with van der Waals surface area (Å²) in [6.45, 7) is 22.2. The maximum atomic E-state index is 2.60. The van der Waals surface area contributed by atoms with Crippen molar-refractivity contribution in [1.82, 2.24) is 0 Å². The Morgan fingerprint density at radius 1 is 0.424 bits per heavy atom.